The first-order chi connectivity index (χ1) is 15.1. The summed E-state index contributed by atoms with van der Waals surface area (Å²) in [5, 5.41) is 15.8. The molecular formula is C19H27N9O3S. The number of sulfonamides is 1. The van der Waals surface area contributed by atoms with Crippen LogP contribution < -0.4 is 22.1 Å². The van der Waals surface area contributed by atoms with Gasteiger partial charge in [-0.15, -0.1) is 4.40 Å². The molecule has 0 bridgehead atoms. The summed E-state index contributed by atoms with van der Waals surface area (Å²) in [5.74, 6) is 0.240. The summed E-state index contributed by atoms with van der Waals surface area (Å²) in [4.78, 5) is 13.5. The van der Waals surface area contributed by atoms with Crippen molar-refractivity contribution in [1.29, 1.82) is 0 Å². The van der Waals surface area contributed by atoms with Gasteiger partial charge in [0.2, 0.25) is 11.9 Å². The van der Waals surface area contributed by atoms with Crippen LogP contribution in [0.5, 0.6) is 0 Å². The van der Waals surface area contributed by atoms with Gasteiger partial charge in [-0.05, 0) is 44.5 Å². The van der Waals surface area contributed by atoms with E-state index in [1.165, 1.54) is 12.1 Å². The molecule has 1 aromatic carbocycles. The third-order valence-corrected chi connectivity index (χ3v) is 5.98. The fourth-order valence-corrected chi connectivity index (χ4v) is 3.81. The molecule has 172 valence electrons. The second kappa shape index (κ2) is 9.36. The molecule has 1 atom stereocenters. The van der Waals surface area contributed by atoms with Crippen molar-refractivity contribution in [2.45, 2.75) is 44.2 Å². The highest BCUT2D eigenvalue weighted by atomic mass is 32.2. The Hall–Kier alpha value is -3.45. The third kappa shape index (κ3) is 5.06. The van der Waals surface area contributed by atoms with Crippen LogP contribution in [0.4, 0.5) is 17.5 Å². The number of hydrogen-bond donors (Lipinski definition) is 5. The lowest BCUT2D eigenvalue weighted by Gasteiger charge is -2.16. The van der Waals surface area contributed by atoms with Crippen molar-refractivity contribution in [1.82, 2.24) is 19.5 Å². The number of hydrogen-bond acceptors (Lipinski definition) is 8. The Morgan fingerprint density at radius 3 is 2.47 bits per heavy atom. The highest BCUT2D eigenvalue weighted by Crippen LogP contribution is 2.27. The molecule has 12 nitrogen and oxygen atoms in total. The molecule has 0 saturated carbocycles. The molecule has 0 aliphatic rings. The summed E-state index contributed by atoms with van der Waals surface area (Å²) >= 11 is 0. The first-order valence-electron chi connectivity index (χ1n) is 9.99. The quantitative estimate of drug-likeness (QED) is 0.229. The molecule has 3 aromatic rings. The number of nitrogens with zero attached hydrogens (tertiary/aromatic N) is 5. The van der Waals surface area contributed by atoms with Crippen molar-refractivity contribution in [2.24, 2.45) is 15.9 Å². The summed E-state index contributed by atoms with van der Waals surface area (Å²) in [6, 6.07) is 5.82. The predicted octanol–water partition coefficient (Wildman–Crippen LogP) is 1.30. The molecular weight excluding hydrogens is 434 g/mol. The van der Waals surface area contributed by atoms with E-state index in [4.69, 9.17) is 11.5 Å². The van der Waals surface area contributed by atoms with Gasteiger partial charge in [-0.1, -0.05) is 6.92 Å². The molecule has 0 amide bonds. The summed E-state index contributed by atoms with van der Waals surface area (Å²) in [6.45, 7) is 5.92. The topological polar surface area (TPSA) is 186 Å². The van der Waals surface area contributed by atoms with Crippen molar-refractivity contribution in [3.63, 3.8) is 0 Å². The highest BCUT2D eigenvalue weighted by Gasteiger charge is 2.17. The highest BCUT2D eigenvalue weighted by molar-refractivity contribution is 7.90. The Labute approximate surface area is 185 Å². The zero-order valence-electron chi connectivity index (χ0n) is 18.0. The minimum atomic E-state index is -3.98. The largest absolute Gasteiger partial charge is 0.394 e. The summed E-state index contributed by atoms with van der Waals surface area (Å²) in [5.41, 5.74) is 12.1. The van der Waals surface area contributed by atoms with Crippen molar-refractivity contribution in [3.05, 3.63) is 30.6 Å². The smallest absolute Gasteiger partial charge is 0.285 e. The molecule has 0 radical (unpaired) electrons. The van der Waals surface area contributed by atoms with Crippen molar-refractivity contribution < 1.29 is 13.5 Å². The Kier molecular flexibility index (Phi) is 6.79. The van der Waals surface area contributed by atoms with Crippen LogP contribution in [0.15, 0.2) is 39.9 Å². The van der Waals surface area contributed by atoms with E-state index < -0.39 is 16.0 Å². The molecule has 2 aromatic heterocycles. The van der Waals surface area contributed by atoms with Gasteiger partial charge in [-0.2, -0.15) is 18.4 Å². The Morgan fingerprint density at radius 1 is 1.22 bits per heavy atom. The number of nitrogens with two attached hydrogens (primary N) is 2. The average Bonchev–Trinajstić information content (AvgIpc) is 3.16. The first kappa shape index (κ1) is 23.2. The van der Waals surface area contributed by atoms with Gasteiger partial charge in [0.15, 0.2) is 17.0 Å². The number of aliphatic hydroxyl groups excluding tert-OH is 1. The molecule has 2 heterocycles. The molecule has 13 heteroatoms. The molecule has 32 heavy (non-hydrogen) atoms. The SMILES string of the molecule is CC[C@H](CO)Nc1nc(Nc2ccc(S(=O)(=O)N=C(N)N)cc2)c2ncn(C(C)C)c2n1. The van der Waals surface area contributed by atoms with E-state index in [2.05, 4.69) is 30.0 Å². The molecule has 0 unspecified atom stereocenters. The monoisotopic (exact) mass is 461 g/mol. The van der Waals surface area contributed by atoms with Crippen LogP contribution >= 0.6 is 0 Å². The first-order valence-corrected chi connectivity index (χ1v) is 11.4. The normalized spacial score (nSPS) is 12.7. The fourth-order valence-electron chi connectivity index (χ4n) is 2.94. The van der Waals surface area contributed by atoms with Gasteiger partial charge in [0, 0.05) is 11.7 Å². The third-order valence-electron chi connectivity index (χ3n) is 4.66. The number of rotatable bonds is 9. The van der Waals surface area contributed by atoms with Crippen molar-refractivity contribution in [2.75, 3.05) is 17.2 Å². The fraction of sp³-hybridized carbons (Fsp3) is 0.368. The molecule has 0 fully saturated rings. The van der Waals surface area contributed by atoms with Crippen molar-refractivity contribution >= 4 is 44.6 Å². The van der Waals surface area contributed by atoms with E-state index in [0.29, 0.717) is 35.0 Å². The van der Waals surface area contributed by atoms with Gasteiger partial charge < -0.3 is 31.8 Å². The number of fused-ring (bicyclic) bond motifs is 1. The molecule has 3 rings (SSSR count). The zero-order chi connectivity index (χ0) is 23.5. The zero-order valence-corrected chi connectivity index (χ0v) is 18.8. The maximum absolute atomic E-state index is 12.1. The van der Waals surface area contributed by atoms with E-state index in [1.807, 2.05) is 25.3 Å². The van der Waals surface area contributed by atoms with Crippen LogP contribution in [0.1, 0.15) is 33.2 Å². The average molecular weight is 462 g/mol. The molecule has 0 spiro atoms. The number of aliphatic hydroxyl groups is 1. The lowest BCUT2D eigenvalue weighted by Crippen LogP contribution is -2.24. The second-order valence-corrected chi connectivity index (χ2v) is 8.99. The molecule has 0 saturated heterocycles. The lowest BCUT2D eigenvalue weighted by atomic mass is 10.2. The number of imidazole rings is 1. The van der Waals surface area contributed by atoms with E-state index >= 15 is 0 Å². The van der Waals surface area contributed by atoms with Crippen LogP contribution in [-0.4, -0.2) is 51.7 Å². The van der Waals surface area contributed by atoms with Crippen LogP contribution in [0.3, 0.4) is 0 Å². The number of anilines is 3. The molecule has 7 N–H and O–H groups in total. The van der Waals surface area contributed by atoms with E-state index in [1.54, 1.807) is 18.5 Å². The van der Waals surface area contributed by atoms with E-state index in [9.17, 15) is 13.5 Å². The number of nitrogens with one attached hydrogen (secondary N) is 2. The minimum Gasteiger partial charge on any atom is -0.394 e. The predicted molar refractivity (Wildman–Crippen MR) is 123 cm³/mol. The maximum atomic E-state index is 12.1. The van der Waals surface area contributed by atoms with Crippen LogP contribution in [0.25, 0.3) is 11.2 Å². The number of benzene rings is 1. The van der Waals surface area contributed by atoms with Crippen LogP contribution in [-0.2, 0) is 10.0 Å². The Balaban J connectivity index is 1.99. The van der Waals surface area contributed by atoms with E-state index in [0.717, 1.165) is 0 Å². The van der Waals surface area contributed by atoms with Gasteiger partial charge in [-0.25, -0.2) is 4.98 Å². The Morgan fingerprint density at radius 2 is 1.91 bits per heavy atom. The standard InChI is InChI=1S/C19H27N9O3S/c1-4-12(9-29)24-19-25-16(15-17(26-19)28(10-22-15)11(2)3)23-13-5-7-14(8-6-13)32(30,31)27-18(20)21/h5-8,10-12,29H,4,9H2,1-3H3,(H4,20,21,27)(H2,23,24,25,26)/t12-/m1/s1. The van der Waals surface area contributed by atoms with Crippen LogP contribution in [0, 0.1) is 0 Å². The van der Waals surface area contributed by atoms with Gasteiger partial charge in [-0.3, -0.25) is 0 Å². The number of aromatic nitrogens is 4. The van der Waals surface area contributed by atoms with Crippen LogP contribution in [0.2, 0.25) is 0 Å². The van der Waals surface area contributed by atoms with Gasteiger partial charge >= 0.3 is 0 Å². The lowest BCUT2D eigenvalue weighted by molar-refractivity contribution is 0.271. The van der Waals surface area contributed by atoms with E-state index in [-0.39, 0.29) is 23.6 Å². The Bertz CT molecular complexity index is 1210. The van der Waals surface area contributed by atoms with Crippen molar-refractivity contribution in [3.8, 4) is 0 Å². The maximum Gasteiger partial charge on any atom is 0.285 e. The second-order valence-electron chi connectivity index (χ2n) is 7.39. The summed E-state index contributed by atoms with van der Waals surface area (Å²) < 4.78 is 29.4. The van der Waals surface area contributed by atoms with Gasteiger partial charge in [0.25, 0.3) is 10.0 Å². The molecule has 0 aliphatic heterocycles. The van der Waals surface area contributed by atoms with Gasteiger partial charge in [0.05, 0.1) is 23.9 Å². The summed E-state index contributed by atoms with van der Waals surface area (Å²) in [6.07, 6.45) is 2.38. The number of guanidine groups is 1. The summed E-state index contributed by atoms with van der Waals surface area (Å²) in [7, 11) is -3.98. The van der Waals surface area contributed by atoms with Gasteiger partial charge in [0.1, 0.15) is 0 Å². The minimum absolute atomic E-state index is 0.0514. The molecule has 0 aliphatic carbocycles.